The molecule has 110 valence electrons. The van der Waals surface area contributed by atoms with Crippen LogP contribution in [0, 0.1) is 5.82 Å². The second-order valence-electron chi connectivity index (χ2n) is 4.05. The van der Waals surface area contributed by atoms with Gasteiger partial charge in [0.15, 0.2) is 6.29 Å². The number of carbonyl (C=O) groups is 1. The zero-order valence-corrected chi connectivity index (χ0v) is 11.0. The van der Waals surface area contributed by atoms with Gasteiger partial charge in [-0.25, -0.2) is 4.39 Å². The molecular formula is C14H7ClF4O2. The van der Waals surface area contributed by atoms with E-state index in [0.29, 0.717) is 12.4 Å². The van der Waals surface area contributed by atoms with Crippen molar-refractivity contribution in [2.24, 2.45) is 0 Å². The molecule has 2 rings (SSSR count). The van der Waals surface area contributed by atoms with E-state index in [9.17, 15) is 22.4 Å². The highest BCUT2D eigenvalue weighted by Crippen LogP contribution is 2.36. The minimum absolute atomic E-state index is 0.0551. The van der Waals surface area contributed by atoms with Gasteiger partial charge in [-0.3, -0.25) is 4.79 Å². The van der Waals surface area contributed by atoms with Gasteiger partial charge in [0.1, 0.15) is 17.3 Å². The lowest BCUT2D eigenvalue weighted by Crippen LogP contribution is -2.05. The lowest BCUT2D eigenvalue weighted by molar-refractivity contribution is -0.137. The van der Waals surface area contributed by atoms with Crippen molar-refractivity contribution in [1.82, 2.24) is 0 Å². The molecule has 0 aliphatic carbocycles. The average molecular weight is 319 g/mol. The SMILES string of the molecule is O=Cc1ccc(C(F)(F)F)cc1Oc1ccc(F)cc1Cl. The predicted molar refractivity (Wildman–Crippen MR) is 68.3 cm³/mol. The van der Waals surface area contributed by atoms with Gasteiger partial charge in [0.2, 0.25) is 0 Å². The Morgan fingerprint density at radius 2 is 1.76 bits per heavy atom. The lowest BCUT2D eigenvalue weighted by atomic mass is 10.1. The number of benzene rings is 2. The van der Waals surface area contributed by atoms with Gasteiger partial charge in [0, 0.05) is 0 Å². The molecule has 0 atom stereocenters. The number of ether oxygens (including phenoxy) is 1. The molecule has 2 nitrogen and oxygen atoms in total. The van der Waals surface area contributed by atoms with Crippen LogP contribution < -0.4 is 4.74 Å². The molecule has 0 unspecified atom stereocenters. The summed E-state index contributed by atoms with van der Waals surface area (Å²) in [6.07, 6.45) is -4.22. The first-order valence-electron chi connectivity index (χ1n) is 5.60. The van der Waals surface area contributed by atoms with Crippen molar-refractivity contribution in [1.29, 1.82) is 0 Å². The van der Waals surface area contributed by atoms with Crippen LogP contribution in [0.4, 0.5) is 17.6 Å². The van der Waals surface area contributed by atoms with E-state index >= 15 is 0 Å². The zero-order chi connectivity index (χ0) is 15.6. The Hall–Kier alpha value is -2.08. The molecule has 0 spiro atoms. The largest absolute Gasteiger partial charge is 0.455 e. The van der Waals surface area contributed by atoms with Gasteiger partial charge in [-0.05, 0) is 36.4 Å². The molecule has 0 radical (unpaired) electrons. The smallest absolute Gasteiger partial charge is 0.416 e. The van der Waals surface area contributed by atoms with E-state index in [1.165, 1.54) is 0 Å². The summed E-state index contributed by atoms with van der Waals surface area (Å²) in [6.45, 7) is 0. The maximum atomic E-state index is 12.9. The quantitative estimate of drug-likeness (QED) is 0.581. The van der Waals surface area contributed by atoms with E-state index in [-0.39, 0.29) is 22.1 Å². The number of aldehydes is 1. The van der Waals surface area contributed by atoms with Gasteiger partial charge in [0.25, 0.3) is 0 Å². The molecule has 2 aromatic carbocycles. The van der Waals surface area contributed by atoms with E-state index in [4.69, 9.17) is 16.3 Å². The summed E-state index contributed by atoms with van der Waals surface area (Å²) >= 11 is 5.73. The monoisotopic (exact) mass is 318 g/mol. The zero-order valence-electron chi connectivity index (χ0n) is 10.2. The number of halogens is 5. The molecule has 0 N–H and O–H groups in total. The second kappa shape index (κ2) is 5.73. The van der Waals surface area contributed by atoms with Gasteiger partial charge in [-0.15, -0.1) is 0 Å². The Labute approximate surface area is 121 Å². The fraction of sp³-hybridized carbons (Fsp3) is 0.0714. The van der Waals surface area contributed by atoms with E-state index < -0.39 is 17.6 Å². The van der Waals surface area contributed by atoms with E-state index in [1.807, 2.05) is 0 Å². The fourth-order valence-corrected chi connectivity index (χ4v) is 1.78. The third kappa shape index (κ3) is 3.52. The molecule has 0 fully saturated rings. The molecule has 2 aromatic rings. The number of hydrogen-bond acceptors (Lipinski definition) is 2. The Morgan fingerprint density at radius 1 is 1.05 bits per heavy atom. The summed E-state index contributed by atoms with van der Waals surface area (Å²) in [6, 6.07) is 5.59. The molecule has 0 saturated carbocycles. The van der Waals surface area contributed by atoms with Crippen LogP contribution in [0.1, 0.15) is 15.9 Å². The molecule has 0 bridgehead atoms. The molecule has 7 heteroatoms. The van der Waals surface area contributed by atoms with Gasteiger partial charge in [-0.2, -0.15) is 13.2 Å². The Morgan fingerprint density at radius 3 is 2.33 bits per heavy atom. The van der Waals surface area contributed by atoms with Crippen LogP contribution in [-0.4, -0.2) is 6.29 Å². The summed E-state index contributed by atoms with van der Waals surface area (Å²) in [5.41, 5.74) is -1.05. The van der Waals surface area contributed by atoms with Crippen molar-refractivity contribution in [3.63, 3.8) is 0 Å². The molecular weight excluding hydrogens is 312 g/mol. The third-order valence-corrected chi connectivity index (χ3v) is 2.88. The number of alkyl halides is 3. The first-order chi connectivity index (χ1) is 9.81. The van der Waals surface area contributed by atoms with Gasteiger partial charge >= 0.3 is 6.18 Å². The van der Waals surface area contributed by atoms with Crippen LogP contribution in [0.3, 0.4) is 0 Å². The van der Waals surface area contributed by atoms with Crippen molar-refractivity contribution < 1.29 is 27.1 Å². The standard InChI is InChI=1S/C14H7ClF4O2/c15-11-6-10(16)3-4-12(11)21-13-5-9(14(17,18)19)2-1-8(13)7-20/h1-7H. The van der Waals surface area contributed by atoms with Crippen LogP contribution in [0.15, 0.2) is 36.4 Å². The van der Waals surface area contributed by atoms with Crippen molar-refractivity contribution in [2.45, 2.75) is 6.18 Å². The summed E-state index contributed by atoms with van der Waals surface area (Å²) in [5.74, 6) is -0.985. The van der Waals surface area contributed by atoms with Crippen molar-refractivity contribution in [3.8, 4) is 11.5 Å². The van der Waals surface area contributed by atoms with Crippen LogP contribution in [0.2, 0.25) is 5.02 Å². The Kier molecular flexibility index (Phi) is 4.18. The maximum Gasteiger partial charge on any atom is 0.416 e. The van der Waals surface area contributed by atoms with E-state index in [0.717, 1.165) is 30.3 Å². The summed E-state index contributed by atoms with van der Waals surface area (Å²) < 4.78 is 56.1. The minimum Gasteiger partial charge on any atom is -0.455 e. The summed E-state index contributed by atoms with van der Waals surface area (Å²) in [4.78, 5) is 10.9. The van der Waals surface area contributed by atoms with Crippen molar-refractivity contribution in [3.05, 3.63) is 58.4 Å². The second-order valence-corrected chi connectivity index (χ2v) is 4.45. The Balaban J connectivity index is 2.44. The number of rotatable bonds is 3. The van der Waals surface area contributed by atoms with Crippen LogP contribution in [-0.2, 0) is 6.18 Å². The highest BCUT2D eigenvalue weighted by Gasteiger charge is 2.31. The van der Waals surface area contributed by atoms with Gasteiger partial charge in [-0.1, -0.05) is 11.6 Å². The van der Waals surface area contributed by atoms with Crippen molar-refractivity contribution in [2.75, 3.05) is 0 Å². The number of hydrogen-bond donors (Lipinski definition) is 0. The average Bonchev–Trinajstić information content (AvgIpc) is 2.41. The van der Waals surface area contributed by atoms with Crippen LogP contribution in [0.25, 0.3) is 0 Å². The van der Waals surface area contributed by atoms with Crippen molar-refractivity contribution >= 4 is 17.9 Å². The lowest BCUT2D eigenvalue weighted by Gasteiger charge is -2.12. The van der Waals surface area contributed by atoms with Crippen LogP contribution in [0.5, 0.6) is 11.5 Å². The Bertz CT molecular complexity index is 683. The normalized spacial score (nSPS) is 11.3. The maximum absolute atomic E-state index is 12.9. The molecule has 21 heavy (non-hydrogen) atoms. The number of carbonyl (C=O) groups excluding carboxylic acids is 1. The molecule has 0 aliphatic heterocycles. The highest BCUT2D eigenvalue weighted by atomic mass is 35.5. The fourth-order valence-electron chi connectivity index (χ4n) is 1.57. The van der Waals surface area contributed by atoms with Gasteiger partial charge < -0.3 is 4.74 Å². The molecule has 0 amide bonds. The molecule has 0 aromatic heterocycles. The summed E-state index contributed by atoms with van der Waals surface area (Å²) in [7, 11) is 0. The predicted octanol–water partition coefficient (Wildman–Crippen LogP) is 5.10. The molecule has 0 saturated heterocycles. The third-order valence-electron chi connectivity index (χ3n) is 2.58. The minimum atomic E-state index is -4.58. The van der Waals surface area contributed by atoms with E-state index in [1.54, 1.807) is 0 Å². The van der Waals surface area contributed by atoms with Gasteiger partial charge in [0.05, 0.1) is 16.1 Å². The molecule has 0 heterocycles. The molecule has 0 aliphatic rings. The first-order valence-corrected chi connectivity index (χ1v) is 5.98. The highest BCUT2D eigenvalue weighted by molar-refractivity contribution is 6.32. The van der Waals surface area contributed by atoms with Crippen LogP contribution >= 0.6 is 11.6 Å². The first kappa shape index (κ1) is 15.3. The summed E-state index contributed by atoms with van der Waals surface area (Å²) in [5, 5.41) is -0.121. The van der Waals surface area contributed by atoms with E-state index in [2.05, 4.69) is 0 Å². The topological polar surface area (TPSA) is 26.3 Å².